The van der Waals surface area contributed by atoms with Crippen LogP contribution in [0.15, 0.2) is 0 Å². The zero-order chi connectivity index (χ0) is 15.7. The van der Waals surface area contributed by atoms with Gasteiger partial charge < -0.3 is 16.0 Å². The van der Waals surface area contributed by atoms with E-state index in [4.69, 9.17) is 11.0 Å². The van der Waals surface area contributed by atoms with Gasteiger partial charge >= 0.3 is 0 Å². The van der Waals surface area contributed by atoms with Gasteiger partial charge in [0.25, 0.3) is 0 Å². The third-order valence-corrected chi connectivity index (χ3v) is 4.24. The van der Waals surface area contributed by atoms with Crippen molar-refractivity contribution in [2.45, 2.75) is 31.7 Å². The Kier molecular flexibility index (Phi) is 8.28. The second kappa shape index (κ2) is 9.72. The first-order valence-electron chi connectivity index (χ1n) is 7.86. The summed E-state index contributed by atoms with van der Waals surface area (Å²) in [5, 5.41) is 11.6. The number of piperazine rings is 1. The van der Waals surface area contributed by atoms with Gasteiger partial charge in [-0.3, -0.25) is 9.69 Å². The van der Waals surface area contributed by atoms with E-state index in [-0.39, 0.29) is 18.4 Å². The minimum Gasteiger partial charge on any atom is -0.339 e. The van der Waals surface area contributed by atoms with Crippen LogP contribution >= 0.6 is 0 Å². The zero-order valence-electron chi connectivity index (χ0n) is 13.3. The lowest BCUT2D eigenvalue weighted by atomic mass is 9.86. The summed E-state index contributed by atoms with van der Waals surface area (Å²) in [6.45, 7) is 3.62. The van der Waals surface area contributed by atoms with Crippen molar-refractivity contribution in [1.29, 1.82) is 5.26 Å². The van der Waals surface area contributed by atoms with Crippen LogP contribution in [0, 0.1) is 17.2 Å². The molecule has 0 aromatic heterocycles. The Morgan fingerprint density at radius 3 is 2.14 bits per heavy atom. The lowest BCUT2D eigenvalue weighted by Crippen LogP contribution is -2.53. The standard InChI is InChI=1S/C13H22N4O.C2H7N/c14-9-11-1-3-12(4-2-11)16-5-7-17(8-6-16)13(18)10-15;1-3-2/h11-12H,1-8,10,15H2;3H,1-2H3. The number of hydrogen-bond acceptors (Lipinski definition) is 5. The van der Waals surface area contributed by atoms with Crippen molar-refractivity contribution in [3.05, 3.63) is 0 Å². The van der Waals surface area contributed by atoms with Gasteiger partial charge in [-0.05, 0) is 39.8 Å². The molecule has 6 heteroatoms. The van der Waals surface area contributed by atoms with E-state index in [1.807, 2.05) is 19.0 Å². The van der Waals surface area contributed by atoms with Gasteiger partial charge in [-0.2, -0.15) is 5.26 Å². The number of nitrogens with zero attached hydrogens (tertiary/aromatic N) is 3. The largest absolute Gasteiger partial charge is 0.339 e. The van der Waals surface area contributed by atoms with E-state index in [0.29, 0.717) is 6.04 Å². The zero-order valence-corrected chi connectivity index (χ0v) is 13.3. The van der Waals surface area contributed by atoms with Crippen LogP contribution in [0.25, 0.3) is 0 Å². The normalized spacial score (nSPS) is 26.5. The highest BCUT2D eigenvalue weighted by Gasteiger charge is 2.28. The Morgan fingerprint density at radius 2 is 1.71 bits per heavy atom. The predicted octanol–water partition coefficient (Wildman–Crippen LogP) is 0.00728. The number of rotatable bonds is 2. The Bertz CT molecular complexity index is 338. The Hall–Kier alpha value is -1.16. The first-order chi connectivity index (χ1) is 10.2. The molecule has 1 heterocycles. The first kappa shape index (κ1) is 17.9. The van der Waals surface area contributed by atoms with Crippen molar-refractivity contribution in [2.24, 2.45) is 11.7 Å². The van der Waals surface area contributed by atoms with E-state index < -0.39 is 0 Å². The molecule has 2 fully saturated rings. The fourth-order valence-electron chi connectivity index (χ4n) is 3.04. The van der Waals surface area contributed by atoms with Crippen molar-refractivity contribution in [3.63, 3.8) is 0 Å². The second-order valence-corrected chi connectivity index (χ2v) is 5.76. The molecule has 1 amide bonds. The van der Waals surface area contributed by atoms with Crippen molar-refractivity contribution in [1.82, 2.24) is 15.1 Å². The molecule has 2 aliphatic rings. The molecule has 0 unspecified atom stereocenters. The number of nitrogens with two attached hydrogens (primary N) is 1. The number of nitrogens with one attached hydrogen (secondary N) is 1. The van der Waals surface area contributed by atoms with Gasteiger partial charge in [-0.1, -0.05) is 0 Å². The average Bonchev–Trinajstić information content (AvgIpc) is 2.55. The average molecular weight is 295 g/mol. The molecular formula is C15H29N5O. The highest BCUT2D eigenvalue weighted by molar-refractivity contribution is 5.78. The molecule has 1 aliphatic carbocycles. The van der Waals surface area contributed by atoms with Gasteiger partial charge in [-0.25, -0.2) is 0 Å². The quantitative estimate of drug-likeness (QED) is 0.749. The van der Waals surface area contributed by atoms with E-state index in [0.717, 1.165) is 51.9 Å². The fraction of sp³-hybridized carbons (Fsp3) is 0.867. The lowest BCUT2D eigenvalue weighted by molar-refractivity contribution is -0.131. The van der Waals surface area contributed by atoms with Crippen molar-refractivity contribution in [3.8, 4) is 6.07 Å². The lowest BCUT2D eigenvalue weighted by Gasteiger charge is -2.41. The number of amides is 1. The summed E-state index contributed by atoms with van der Waals surface area (Å²) in [6, 6.07) is 2.99. The molecule has 120 valence electrons. The van der Waals surface area contributed by atoms with Gasteiger partial charge in [0, 0.05) is 38.1 Å². The molecule has 0 bridgehead atoms. The van der Waals surface area contributed by atoms with E-state index in [1.54, 1.807) is 0 Å². The van der Waals surface area contributed by atoms with Crippen LogP contribution in [0.5, 0.6) is 0 Å². The molecule has 1 saturated carbocycles. The third-order valence-electron chi connectivity index (χ3n) is 4.24. The van der Waals surface area contributed by atoms with Crippen molar-refractivity contribution >= 4 is 5.91 Å². The van der Waals surface area contributed by atoms with Crippen LogP contribution in [0.4, 0.5) is 0 Å². The molecule has 21 heavy (non-hydrogen) atoms. The van der Waals surface area contributed by atoms with Gasteiger partial charge in [0.2, 0.25) is 5.91 Å². The first-order valence-corrected chi connectivity index (χ1v) is 7.86. The van der Waals surface area contributed by atoms with Crippen LogP contribution < -0.4 is 11.1 Å². The monoisotopic (exact) mass is 295 g/mol. The number of hydrogen-bond donors (Lipinski definition) is 2. The summed E-state index contributed by atoms with van der Waals surface area (Å²) in [5.74, 6) is 0.323. The highest BCUT2D eigenvalue weighted by Crippen LogP contribution is 2.27. The molecule has 0 aromatic rings. The van der Waals surface area contributed by atoms with Crippen LogP contribution in [0.1, 0.15) is 25.7 Å². The maximum absolute atomic E-state index is 11.5. The van der Waals surface area contributed by atoms with E-state index >= 15 is 0 Å². The maximum Gasteiger partial charge on any atom is 0.236 e. The summed E-state index contributed by atoms with van der Waals surface area (Å²) in [6.07, 6.45) is 4.32. The fourth-order valence-corrected chi connectivity index (χ4v) is 3.04. The van der Waals surface area contributed by atoms with Gasteiger partial charge in [0.05, 0.1) is 12.6 Å². The van der Waals surface area contributed by atoms with Crippen molar-refractivity contribution < 1.29 is 4.79 Å². The highest BCUT2D eigenvalue weighted by atomic mass is 16.2. The topological polar surface area (TPSA) is 85.4 Å². The van der Waals surface area contributed by atoms with Gasteiger partial charge in [0.1, 0.15) is 0 Å². The van der Waals surface area contributed by atoms with Crippen LogP contribution in [0.2, 0.25) is 0 Å². The minimum atomic E-state index is 0.0582. The van der Waals surface area contributed by atoms with Gasteiger partial charge in [0.15, 0.2) is 0 Å². The molecule has 1 aliphatic heterocycles. The van der Waals surface area contributed by atoms with Gasteiger partial charge in [-0.15, -0.1) is 0 Å². The van der Waals surface area contributed by atoms with Crippen LogP contribution in [-0.2, 0) is 4.79 Å². The Morgan fingerprint density at radius 1 is 1.19 bits per heavy atom. The Labute approximate surface area is 128 Å². The third kappa shape index (κ3) is 5.62. The second-order valence-electron chi connectivity index (χ2n) is 5.76. The molecule has 3 N–H and O–H groups in total. The molecule has 6 nitrogen and oxygen atoms in total. The summed E-state index contributed by atoms with van der Waals surface area (Å²) < 4.78 is 0. The van der Waals surface area contributed by atoms with E-state index in [1.165, 1.54) is 0 Å². The predicted molar refractivity (Wildman–Crippen MR) is 83.6 cm³/mol. The molecule has 0 spiro atoms. The minimum absolute atomic E-state index is 0.0582. The summed E-state index contributed by atoms with van der Waals surface area (Å²) >= 11 is 0. The van der Waals surface area contributed by atoms with E-state index in [2.05, 4.69) is 16.3 Å². The summed E-state index contributed by atoms with van der Waals surface area (Å²) in [5.41, 5.74) is 5.38. The number of carbonyl (C=O) groups excluding carboxylic acids is 1. The molecule has 1 saturated heterocycles. The number of carbonyl (C=O) groups is 1. The number of nitriles is 1. The summed E-state index contributed by atoms with van der Waals surface area (Å²) in [4.78, 5) is 15.8. The molecular weight excluding hydrogens is 266 g/mol. The smallest absolute Gasteiger partial charge is 0.236 e. The maximum atomic E-state index is 11.5. The van der Waals surface area contributed by atoms with Crippen molar-refractivity contribution in [2.75, 3.05) is 46.8 Å². The SMILES string of the molecule is CNC.N#CC1CCC(N2CCN(C(=O)CN)CC2)CC1. The van der Waals surface area contributed by atoms with E-state index in [9.17, 15) is 4.79 Å². The van der Waals surface area contributed by atoms with Crippen LogP contribution in [-0.4, -0.2) is 68.6 Å². The molecule has 2 rings (SSSR count). The Balaban J connectivity index is 0.000000677. The molecule has 0 atom stereocenters. The summed E-state index contributed by atoms with van der Waals surface area (Å²) in [7, 11) is 3.75. The molecule has 0 radical (unpaired) electrons. The van der Waals surface area contributed by atoms with Crippen LogP contribution in [0.3, 0.4) is 0 Å². The molecule has 0 aromatic carbocycles.